The Bertz CT molecular complexity index is 603. The summed E-state index contributed by atoms with van der Waals surface area (Å²) < 4.78 is 14.1. The zero-order chi connectivity index (χ0) is 16.9. The van der Waals surface area contributed by atoms with E-state index in [2.05, 4.69) is 32.3 Å². The van der Waals surface area contributed by atoms with Gasteiger partial charge in [-0.3, -0.25) is 4.57 Å². The summed E-state index contributed by atoms with van der Waals surface area (Å²) in [5, 5.41) is 0.673. The lowest BCUT2D eigenvalue weighted by atomic mass is 9.87. The Balaban J connectivity index is 2.31. The van der Waals surface area contributed by atoms with E-state index in [9.17, 15) is 0 Å². The molecule has 0 aliphatic carbocycles. The lowest BCUT2D eigenvalue weighted by Crippen LogP contribution is -2.40. The zero-order valence-electron chi connectivity index (χ0n) is 13.8. The van der Waals surface area contributed by atoms with Crippen LogP contribution in [-0.2, 0) is 4.74 Å². The molecule has 2 atom stereocenters. The summed E-state index contributed by atoms with van der Waals surface area (Å²) in [5.74, 6) is 0.726. The highest BCUT2D eigenvalue weighted by atomic mass is 35.5. The fourth-order valence-electron chi connectivity index (χ4n) is 2.28. The van der Waals surface area contributed by atoms with Crippen molar-refractivity contribution in [3.8, 4) is 5.75 Å². The van der Waals surface area contributed by atoms with Crippen LogP contribution in [0.3, 0.4) is 0 Å². The van der Waals surface area contributed by atoms with Crippen LogP contribution in [0.5, 0.6) is 5.75 Å². The molecule has 1 aromatic heterocycles. The van der Waals surface area contributed by atoms with E-state index >= 15 is 0 Å². The smallest absolute Gasteiger partial charge is 0.203 e. The van der Waals surface area contributed by atoms with Crippen LogP contribution in [0.4, 0.5) is 0 Å². The number of ether oxygens (including phenoxy) is 2. The Morgan fingerprint density at radius 2 is 2.00 bits per heavy atom. The monoisotopic (exact) mass is 334 g/mol. The number of imidazole rings is 1. The molecule has 0 radical (unpaired) electrons. The normalized spacial score (nSPS) is 14.3. The molecule has 0 aliphatic heterocycles. The minimum atomic E-state index is -0.348. The first-order valence-electron chi connectivity index (χ1n) is 7.54. The molecule has 0 bridgehead atoms. The predicted octanol–water partition coefficient (Wildman–Crippen LogP) is 4.73. The molecule has 0 N–H and O–H groups in total. The van der Waals surface area contributed by atoms with Gasteiger partial charge in [-0.15, -0.1) is 6.58 Å². The molecule has 0 amide bonds. The Hall–Kier alpha value is -1.78. The summed E-state index contributed by atoms with van der Waals surface area (Å²) in [6, 6.07) is 7.30. The fourth-order valence-corrected chi connectivity index (χ4v) is 2.41. The second-order valence-corrected chi connectivity index (χ2v) is 6.82. The number of hydrogen-bond donors (Lipinski definition) is 0. The molecule has 0 saturated heterocycles. The number of hydrogen-bond acceptors (Lipinski definition) is 3. The number of nitrogens with zero attached hydrogens (tertiary/aromatic N) is 2. The highest BCUT2D eigenvalue weighted by Gasteiger charge is 2.35. The van der Waals surface area contributed by atoms with Crippen molar-refractivity contribution < 1.29 is 9.47 Å². The lowest BCUT2D eigenvalue weighted by Gasteiger charge is -2.37. The zero-order valence-corrected chi connectivity index (χ0v) is 14.5. The van der Waals surface area contributed by atoms with E-state index in [1.54, 1.807) is 30.7 Å². The van der Waals surface area contributed by atoms with Gasteiger partial charge in [0.1, 0.15) is 11.9 Å². The molecule has 1 aromatic carbocycles. The van der Waals surface area contributed by atoms with Crippen LogP contribution in [0.25, 0.3) is 0 Å². The molecule has 23 heavy (non-hydrogen) atoms. The molecule has 0 saturated carbocycles. The molecule has 0 spiro atoms. The van der Waals surface area contributed by atoms with Crippen LogP contribution in [-0.4, -0.2) is 22.3 Å². The molecule has 5 heteroatoms. The molecule has 2 unspecified atom stereocenters. The minimum absolute atomic E-state index is 0.135. The van der Waals surface area contributed by atoms with Gasteiger partial charge in [0.25, 0.3) is 0 Å². The lowest BCUT2D eigenvalue weighted by molar-refractivity contribution is -0.102. The van der Waals surface area contributed by atoms with Crippen LogP contribution < -0.4 is 4.74 Å². The van der Waals surface area contributed by atoms with Gasteiger partial charge in [0, 0.05) is 17.4 Å². The highest BCUT2D eigenvalue weighted by molar-refractivity contribution is 6.30. The van der Waals surface area contributed by atoms with Gasteiger partial charge < -0.3 is 9.47 Å². The summed E-state index contributed by atoms with van der Waals surface area (Å²) in [5.41, 5.74) is -0.135. The van der Waals surface area contributed by atoms with E-state index < -0.39 is 0 Å². The van der Waals surface area contributed by atoms with Crippen LogP contribution in [0, 0.1) is 5.41 Å². The molecule has 0 fully saturated rings. The molecule has 1 heterocycles. The topological polar surface area (TPSA) is 36.3 Å². The first-order chi connectivity index (χ1) is 10.9. The van der Waals surface area contributed by atoms with Crippen LogP contribution in [0.15, 0.2) is 55.6 Å². The van der Waals surface area contributed by atoms with E-state index in [-0.39, 0.29) is 17.7 Å². The van der Waals surface area contributed by atoms with E-state index in [1.165, 1.54) is 0 Å². The second kappa shape index (κ2) is 7.66. The Morgan fingerprint density at radius 3 is 2.52 bits per heavy atom. The Labute approximate surface area is 142 Å². The first-order valence-corrected chi connectivity index (χ1v) is 7.92. The maximum absolute atomic E-state index is 6.20. The van der Waals surface area contributed by atoms with Gasteiger partial charge in [0.15, 0.2) is 0 Å². The average molecular weight is 335 g/mol. The van der Waals surface area contributed by atoms with Crippen molar-refractivity contribution in [1.82, 2.24) is 9.55 Å². The van der Waals surface area contributed by atoms with Gasteiger partial charge >= 0.3 is 0 Å². The van der Waals surface area contributed by atoms with Crippen molar-refractivity contribution in [2.75, 3.05) is 6.61 Å². The minimum Gasteiger partial charge on any atom is -0.467 e. The van der Waals surface area contributed by atoms with Gasteiger partial charge in [-0.2, -0.15) is 0 Å². The van der Waals surface area contributed by atoms with Crippen molar-refractivity contribution >= 4 is 11.6 Å². The summed E-state index contributed by atoms with van der Waals surface area (Å²) in [6.07, 6.45) is 6.54. The number of halogens is 1. The quantitative estimate of drug-likeness (QED) is 0.687. The van der Waals surface area contributed by atoms with Gasteiger partial charge in [-0.1, -0.05) is 38.4 Å². The number of rotatable bonds is 7. The van der Waals surface area contributed by atoms with Crippen LogP contribution in [0.2, 0.25) is 5.02 Å². The molecular weight excluding hydrogens is 312 g/mol. The SMILES string of the molecule is C=CCOC(C(Oc1ccc(Cl)cc1)n1ccnc1)C(C)(C)C. The molecule has 4 nitrogen and oxygen atoms in total. The molecular formula is C18H23ClN2O2. The summed E-state index contributed by atoms with van der Waals surface area (Å²) in [6.45, 7) is 10.5. The summed E-state index contributed by atoms with van der Waals surface area (Å²) in [4.78, 5) is 4.13. The largest absolute Gasteiger partial charge is 0.467 e. The van der Waals surface area contributed by atoms with Gasteiger partial charge in [0.05, 0.1) is 12.9 Å². The third-order valence-electron chi connectivity index (χ3n) is 3.40. The highest BCUT2D eigenvalue weighted by Crippen LogP contribution is 2.33. The Morgan fingerprint density at radius 1 is 1.30 bits per heavy atom. The van der Waals surface area contributed by atoms with Crippen molar-refractivity contribution in [1.29, 1.82) is 0 Å². The molecule has 0 aliphatic rings. The molecule has 2 rings (SSSR count). The van der Waals surface area contributed by atoms with Crippen molar-refractivity contribution in [2.45, 2.75) is 33.1 Å². The van der Waals surface area contributed by atoms with E-state index in [4.69, 9.17) is 21.1 Å². The van der Waals surface area contributed by atoms with Gasteiger partial charge in [0.2, 0.25) is 6.23 Å². The maximum Gasteiger partial charge on any atom is 0.203 e. The standard InChI is InChI=1S/C18H23ClN2O2/c1-5-12-22-16(18(2,3)4)17(21-11-10-20-13-21)23-15-8-6-14(19)7-9-15/h5-11,13,16-17H,1,12H2,2-4H3. The van der Waals surface area contributed by atoms with E-state index in [0.29, 0.717) is 11.6 Å². The summed E-state index contributed by atoms with van der Waals surface area (Å²) in [7, 11) is 0. The second-order valence-electron chi connectivity index (χ2n) is 6.38. The van der Waals surface area contributed by atoms with Gasteiger partial charge in [-0.05, 0) is 29.7 Å². The average Bonchev–Trinajstić information content (AvgIpc) is 3.01. The van der Waals surface area contributed by atoms with E-state index in [1.807, 2.05) is 22.9 Å². The van der Waals surface area contributed by atoms with Crippen molar-refractivity contribution in [3.63, 3.8) is 0 Å². The fraction of sp³-hybridized carbons (Fsp3) is 0.389. The number of benzene rings is 1. The van der Waals surface area contributed by atoms with Gasteiger partial charge in [-0.25, -0.2) is 4.98 Å². The molecule has 2 aromatic rings. The van der Waals surface area contributed by atoms with E-state index in [0.717, 1.165) is 5.75 Å². The van der Waals surface area contributed by atoms with Crippen LogP contribution >= 0.6 is 11.6 Å². The predicted molar refractivity (Wildman–Crippen MR) is 92.7 cm³/mol. The maximum atomic E-state index is 6.20. The van der Waals surface area contributed by atoms with Crippen molar-refractivity contribution in [3.05, 3.63) is 60.7 Å². The third kappa shape index (κ3) is 4.85. The van der Waals surface area contributed by atoms with Crippen LogP contribution in [0.1, 0.15) is 27.0 Å². The number of aromatic nitrogens is 2. The molecule has 124 valence electrons. The van der Waals surface area contributed by atoms with Crippen molar-refractivity contribution in [2.24, 2.45) is 5.41 Å². The Kier molecular flexibility index (Phi) is 5.85. The first kappa shape index (κ1) is 17.6. The summed E-state index contributed by atoms with van der Waals surface area (Å²) >= 11 is 5.94. The third-order valence-corrected chi connectivity index (χ3v) is 3.65.